The van der Waals surface area contributed by atoms with Gasteiger partial charge in [-0.25, -0.2) is 0 Å². The van der Waals surface area contributed by atoms with E-state index in [2.05, 4.69) is 24.3 Å². The predicted molar refractivity (Wildman–Crippen MR) is 104 cm³/mol. The van der Waals surface area contributed by atoms with Gasteiger partial charge in [0.2, 0.25) is 0 Å². The number of benzene rings is 3. The number of carbonyl (C=O) groups is 1. The summed E-state index contributed by atoms with van der Waals surface area (Å²) in [5, 5.41) is 0. The van der Waals surface area contributed by atoms with Crippen LogP contribution in [0.4, 0.5) is 5.69 Å². The highest BCUT2D eigenvalue weighted by molar-refractivity contribution is 5.84. The molecule has 2 heteroatoms. The Morgan fingerprint density at radius 2 is 1.24 bits per heavy atom. The van der Waals surface area contributed by atoms with Crippen molar-refractivity contribution >= 4 is 12.0 Å². The summed E-state index contributed by atoms with van der Waals surface area (Å²) in [6, 6.07) is 20.4. The number of hydrogen-bond acceptors (Lipinski definition) is 2. The van der Waals surface area contributed by atoms with E-state index in [0.29, 0.717) is 0 Å². The molecule has 0 unspecified atom stereocenters. The largest absolute Gasteiger partial charge is 0.398 e. The molecule has 3 aromatic carbocycles. The van der Waals surface area contributed by atoms with Crippen LogP contribution in [0.5, 0.6) is 0 Å². The molecule has 0 amide bonds. The molecule has 0 heterocycles. The first-order valence-electron chi connectivity index (χ1n) is 8.55. The average Bonchev–Trinajstić information content (AvgIpc) is 2.65. The van der Waals surface area contributed by atoms with Gasteiger partial charge in [0, 0.05) is 11.3 Å². The Morgan fingerprint density at radius 3 is 1.72 bits per heavy atom. The minimum Gasteiger partial charge on any atom is -0.398 e. The monoisotopic (exact) mass is 329 g/mol. The summed E-state index contributed by atoms with van der Waals surface area (Å²) in [6.45, 7) is 4.03. The van der Waals surface area contributed by atoms with E-state index in [-0.39, 0.29) is 0 Å². The highest BCUT2D eigenvalue weighted by Gasteiger charge is 2.18. The van der Waals surface area contributed by atoms with Crippen LogP contribution < -0.4 is 5.73 Å². The van der Waals surface area contributed by atoms with Gasteiger partial charge in [0.15, 0.2) is 6.29 Å². The number of carbonyl (C=O) groups excluding carboxylic acids is 1. The molecule has 0 aliphatic rings. The van der Waals surface area contributed by atoms with Gasteiger partial charge in [0.05, 0.1) is 0 Å². The molecule has 126 valence electrons. The van der Waals surface area contributed by atoms with Crippen LogP contribution >= 0.6 is 0 Å². The van der Waals surface area contributed by atoms with Gasteiger partial charge in [-0.05, 0) is 60.1 Å². The topological polar surface area (TPSA) is 43.1 Å². The number of nitrogens with two attached hydrogens (primary N) is 1. The van der Waals surface area contributed by atoms with Crippen LogP contribution in [-0.4, -0.2) is 6.29 Å². The molecule has 0 fully saturated rings. The fraction of sp³-hybridized carbons (Fsp3) is 0.174. The Balaban J connectivity index is 2.08. The van der Waals surface area contributed by atoms with Crippen LogP contribution in [0.3, 0.4) is 0 Å². The van der Waals surface area contributed by atoms with Crippen molar-refractivity contribution in [3.8, 4) is 0 Å². The first-order chi connectivity index (χ1) is 12.1. The van der Waals surface area contributed by atoms with Gasteiger partial charge in [-0.2, -0.15) is 0 Å². The van der Waals surface area contributed by atoms with Crippen molar-refractivity contribution < 1.29 is 4.79 Å². The number of nitrogen functional groups attached to an aromatic ring is 1. The quantitative estimate of drug-likeness (QED) is 0.535. The zero-order valence-electron chi connectivity index (χ0n) is 14.8. The highest BCUT2D eigenvalue weighted by Crippen LogP contribution is 2.32. The molecule has 3 rings (SSSR count). The van der Waals surface area contributed by atoms with Crippen LogP contribution in [-0.2, 0) is 12.8 Å². The van der Waals surface area contributed by atoms with Crippen LogP contribution in [0.25, 0.3) is 0 Å². The van der Waals surface area contributed by atoms with E-state index in [1.807, 2.05) is 50.2 Å². The highest BCUT2D eigenvalue weighted by atomic mass is 16.1. The first kappa shape index (κ1) is 17.0. The average molecular weight is 329 g/mol. The molecule has 2 N–H and O–H groups in total. The van der Waals surface area contributed by atoms with Crippen molar-refractivity contribution in [2.24, 2.45) is 0 Å². The van der Waals surface area contributed by atoms with E-state index in [9.17, 15) is 4.79 Å². The summed E-state index contributed by atoms with van der Waals surface area (Å²) in [4.78, 5) is 11.9. The Kier molecular flexibility index (Phi) is 4.99. The molecule has 0 saturated carbocycles. The number of rotatable bonds is 5. The van der Waals surface area contributed by atoms with E-state index in [4.69, 9.17) is 5.73 Å². The van der Waals surface area contributed by atoms with Gasteiger partial charge in [-0.1, -0.05) is 60.7 Å². The smallest absolute Gasteiger partial charge is 0.150 e. The maximum atomic E-state index is 11.9. The van der Waals surface area contributed by atoms with Crippen molar-refractivity contribution in [3.05, 3.63) is 99.6 Å². The number of hydrogen-bond donors (Lipinski definition) is 1. The maximum absolute atomic E-state index is 11.9. The predicted octanol–water partition coefficient (Wildman–Crippen LogP) is 4.88. The van der Waals surface area contributed by atoms with Crippen molar-refractivity contribution in [1.82, 2.24) is 0 Å². The molecule has 0 aliphatic heterocycles. The van der Waals surface area contributed by atoms with E-state index >= 15 is 0 Å². The minimum atomic E-state index is 0.720. The lowest BCUT2D eigenvalue weighted by molar-refractivity contribution is 0.112. The number of aldehydes is 1. The lowest BCUT2D eigenvalue weighted by Crippen LogP contribution is -2.10. The number of anilines is 1. The lowest BCUT2D eigenvalue weighted by atomic mass is 9.86. The second-order valence-electron chi connectivity index (χ2n) is 6.48. The van der Waals surface area contributed by atoms with Crippen molar-refractivity contribution in [3.63, 3.8) is 0 Å². The normalized spacial score (nSPS) is 10.6. The maximum Gasteiger partial charge on any atom is 0.150 e. The molecule has 0 radical (unpaired) electrons. The van der Waals surface area contributed by atoms with Crippen molar-refractivity contribution in [2.45, 2.75) is 26.7 Å². The molecule has 0 spiro atoms. The molecule has 0 saturated heterocycles. The SMILES string of the molecule is Cc1c(C=O)c(Cc2ccccc2)c(C)c(N)c1Cc1ccccc1. The van der Waals surface area contributed by atoms with E-state index in [1.54, 1.807) is 0 Å². The fourth-order valence-electron chi connectivity index (χ4n) is 3.40. The van der Waals surface area contributed by atoms with Gasteiger partial charge in [0.1, 0.15) is 0 Å². The van der Waals surface area contributed by atoms with Crippen molar-refractivity contribution in [1.29, 1.82) is 0 Å². The Hall–Kier alpha value is -2.87. The zero-order chi connectivity index (χ0) is 17.8. The molecule has 2 nitrogen and oxygen atoms in total. The standard InChI is InChI=1S/C23H23NO/c1-16-21(14-19-11-7-4-8-12-19)23(24)17(2)20(22(16)15-25)13-18-9-5-3-6-10-18/h3-12,15H,13-14,24H2,1-2H3. The van der Waals surface area contributed by atoms with E-state index in [1.165, 1.54) is 11.1 Å². The second kappa shape index (κ2) is 7.35. The van der Waals surface area contributed by atoms with Gasteiger partial charge in [0.25, 0.3) is 0 Å². The molecule has 0 aliphatic carbocycles. The first-order valence-corrected chi connectivity index (χ1v) is 8.55. The Morgan fingerprint density at radius 1 is 0.760 bits per heavy atom. The fourth-order valence-corrected chi connectivity index (χ4v) is 3.40. The van der Waals surface area contributed by atoms with Gasteiger partial charge in [-0.15, -0.1) is 0 Å². The summed E-state index contributed by atoms with van der Waals surface area (Å²) in [5.74, 6) is 0. The zero-order valence-corrected chi connectivity index (χ0v) is 14.8. The third-order valence-electron chi connectivity index (χ3n) is 4.93. The Labute approximate surface area is 149 Å². The molecule has 25 heavy (non-hydrogen) atoms. The summed E-state index contributed by atoms with van der Waals surface area (Å²) >= 11 is 0. The van der Waals surface area contributed by atoms with Crippen LogP contribution in [0.15, 0.2) is 60.7 Å². The molecular formula is C23H23NO. The van der Waals surface area contributed by atoms with Crippen LogP contribution in [0.2, 0.25) is 0 Å². The molecule has 0 bridgehead atoms. The van der Waals surface area contributed by atoms with E-state index in [0.717, 1.165) is 52.6 Å². The molecule has 0 aromatic heterocycles. The van der Waals surface area contributed by atoms with Gasteiger partial charge >= 0.3 is 0 Å². The van der Waals surface area contributed by atoms with Gasteiger partial charge in [-0.3, -0.25) is 4.79 Å². The third-order valence-corrected chi connectivity index (χ3v) is 4.93. The minimum absolute atomic E-state index is 0.720. The third kappa shape index (κ3) is 3.48. The van der Waals surface area contributed by atoms with Gasteiger partial charge < -0.3 is 5.73 Å². The second-order valence-corrected chi connectivity index (χ2v) is 6.48. The van der Waals surface area contributed by atoms with Crippen LogP contribution in [0.1, 0.15) is 43.7 Å². The molecule has 3 aromatic rings. The Bertz CT molecular complexity index is 883. The summed E-state index contributed by atoms with van der Waals surface area (Å²) in [7, 11) is 0. The van der Waals surface area contributed by atoms with Crippen molar-refractivity contribution in [2.75, 3.05) is 5.73 Å². The molecular weight excluding hydrogens is 306 g/mol. The van der Waals surface area contributed by atoms with E-state index < -0.39 is 0 Å². The summed E-state index contributed by atoms with van der Waals surface area (Å²) in [5.41, 5.74) is 14.6. The lowest BCUT2D eigenvalue weighted by Gasteiger charge is -2.20. The summed E-state index contributed by atoms with van der Waals surface area (Å²) in [6.07, 6.45) is 2.44. The summed E-state index contributed by atoms with van der Waals surface area (Å²) < 4.78 is 0. The van der Waals surface area contributed by atoms with Crippen LogP contribution in [0, 0.1) is 13.8 Å². The molecule has 0 atom stereocenters.